The number of carbonyl (C=O) groups is 2. The van der Waals surface area contributed by atoms with E-state index in [9.17, 15) is 39.5 Å². The van der Waals surface area contributed by atoms with Gasteiger partial charge in [-0.25, -0.2) is 4.57 Å². The van der Waals surface area contributed by atoms with E-state index in [1.807, 2.05) is 19.1 Å². The summed E-state index contributed by atoms with van der Waals surface area (Å²) in [6.45, 7) is 4.16. The Morgan fingerprint density at radius 2 is 1.15 bits per heavy atom. The number of rotatable bonds is 41. The molecule has 0 amide bonds. The molecule has 0 aliphatic carbocycles. The molecule has 0 radical (unpaired) electrons. The highest BCUT2D eigenvalue weighted by Gasteiger charge is 2.27. The Kier molecular flexibility index (Phi) is 38.7. The molecule has 0 aliphatic rings. The smallest absolute Gasteiger partial charge is 0.462 e. The minimum atomic E-state index is -4.71. The molecule has 0 aliphatic heterocycles. The summed E-state index contributed by atoms with van der Waals surface area (Å²) in [4.78, 5) is 35.1. The van der Waals surface area contributed by atoms with E-state index < -0.39 is 76.7 Å². The van der Waals surface area contributed by atoms with Crippen molar-refractivity contribution in [3.05, 3.63) is 60.8 Å². The molecule has 0 bridgehead atoms. The molecule has 14 heteroatoms. The number of allylic oxidation sites excluding steroid dienone is 7. The average Bonchev–Trinajstić information content (AvgIpc) is 3.24. The van der Waals surface area contributed by atoms with Crippen LogP contribution >= 0.6 is 7.82 Å². The number of hydrogen-bond acceptors (Lipinski definition) is 12. The molecule has 0 aromatic heterocycles. The molecule has 0 saturated carbocycles. The molecule has 7 atom stereocenters. The van der Waals surface area contributed by atoms with E-state index in [1.165, 1.54) is 83.1 Å². The molecule has 0 heterocycles. The van der Waals surface area contributed by atoms with E-state index in [-0.39, 0.29) is 25.7 Å². The molecule has 0 aromatic carbocycles. The minimum absolute atomic E-state index is 0.0932. The maximum Gasteiger partial charge on any atom is 0.472 e. The van der Waals surface area contributed by atoms with E-state index in [2.05, 4.69) is 18.4 Å². The molecule has 354 valence electrons. The van der Waals surface area contributed by atoms with Gasteiger partial charge >= 0.3 is 19.8 Å². The zero-order valence-electron chi connectivity index (χ0n) is 37.6. The number of aliphatic hydroxyl groups is 5. The summed E-state index contributed by atoms with van der Waals surface area (Å²) in [7, 11) is -4.71. The average molecular weight is 887 g/mol. The Balaban J connectivity index is 4.57. The van der Waals surface area contributed by atoms with Gasteiger partial charge in [-0.1, -0.05) is 178 Å². The van der Waals surface area contributed by atoms with Crippen molar-refractivity contribution in [2.45, 2.75) is 193 Å². The van der Waals surface area contributed by atoms with Crippen LogP contribution in [-0.2, 0) is 32.7 Å². The molecule has 0 saturated heterocycles. The van der Waals surface area contributed by atoms with Gasteiger partial charge in [-0.3, -0.25) is 18.6 Å². The zero-order valence-corrected chi connectivity index (χ0v) is 38.5. The molecule has 0 spiro atoms. The Labute approximate surface area is 367 Å². The first-order valence-corrected chi connectivity index (χ1v) is 24.5. The number of carbonyl (C=O) groups excluding carboxylic acids is 2. The zero-order chi connectivity index (χ0) is 45.4. The maximum atomic E-state index is 12.7. The summed E-state index contributed by atoms with van der Waals surface area (Å²) in [5.74, 6) is -0.402. The van der Waals surface area contributed by atoms with Crippen molar-refractivity contribution in [2.24, 2.45) is 5.92 Å². The lowest BCUT2D eigenvalue weighted by molar-refractivity contribution is -0.161. The van der Waals surface area contributed by atoms with Gasteiger partial charge in [0.05, 0.1) is 38.1 Å². The van der Waals surface area contributed by atoms with Crippen molar-refractivity contribution in [3.63, 3.8) is 0 Å². The third-order valence-corrected chi connectivity index (χ3v) is 11.0. The van der Waals surface area contributed by atoms with Crippen LogP contribution in [0.15, 0.2) is 60.8 Å². The molecule has 61 heavy (non-hydrogen) atoms. The summed E-state index contributed by atoms with van der Waals surface area (Å²) in [5, 5.41) is 48.8. The van der Waals surface area contributed by atoms with Gasteiger partial charge in [0, 0.05) is 12.8 Å². The van der Waals surface area contributed by atoms with Crippen LogP contribution in [0.1, 0.15) is 162 Å². The van der Waals surface area contributed by atoms with Crippen molar-refractivity contribution in [2.75, 3.05) is 26.4 Å². The highest BCUT2D eigenvalue weighted by molar-refractivity contribution is 7.47. The number of hydrogen-bond donors (Lipinski definition) is 6. The lowest BCUT2D eigenvalue weighted by Crippen LogP contribution is -2.30. The fraction of sp³-hybridized carbons (Fsp3) is 0.745. The molecule has 6 N–H and O–H groups in total. The molecule has 0 rings (SSSR count). The van der Waals surface area contributed by atoms with Gasteiger partial charge in [0.15, 0.2) is 6.10 Å². The predicted octanol–water partition coefficient (Wildman–Crippen LogP) is 9.05. The summed E-state index contributed by atoms with van der Waals surface area (Å²) in [5.41, 5.74) is 0. The van der Waals surface area contributed by atoms with E-state index in [0.29, 0.717) is 12.8 Å². The van der Waals surface area contributed by atoms with Crippen LogP contribution in [0.4, 0.5) is 0 Å². The molecule has 0 fully saturated rings. The Morgan fingerprint density at radius 1 is 0.623 bits per heavy atom. The van der Waals surface area contributed by atoms with Crippen molar-refractivity contribution in [1.82, 2.24) is 0 Å². The van der Waals surface area contributed by atoms with Crippen LogP contribution in [0.3, 0.4) is 0 Å². The summed E-state index contributed by atoms with van der Waals surface area (Å²) >= 11 is 0. The quantitative estimate of drug-likeness (QED) is 0.0111. The number of unbranched alkanes of at least 4 members (excludes halogenated alkanes) is 13. The first-order valence-electron chi connectivity index (χ1n) is 23.0. The van der Waals surface area contributed by atoms with Gasteiger partial charge in [-0.15, -0.1) is 0 Å². The SMILES string of the molecule is CC/C=C\C[C@@H](O)/C=C/C=C/C=C\C=C/[C@H](O)[C@@H](O)CCCC(=O)OC[C@H](COP(=O)(O)OC[C@@H](O)CO)OC(=O)CCCCCCCCCCCCCCCCC(C)CC. The predicted molar refractivity (Wildman–Crippen MR) is 241 cm³/mol. The normalized spacial score (nSPS) is 16.4. The van der Waals surface area contributed by atoms with Crippen molar-refractivity contribution < 1.29 is 63.1 Å². The number of esters is 2. The van der Waals surface area contributed by atoms with Crippen molar-refractivity contribution in [1.29, 1.82) is 0 Å². The first-order chi connectivity index (χ1) is 29.3. The summed E-state index contributed by atoms with van der Waals surface area (Å²) in [6.07, 6.45) is 32.7. The maximum absolute atomic E-state index is 12.7. The molecular weight excluding hydrogens is 803 g/mol. The second-order valence-corrected chi connectivity index (χ2v) is 17.3. The van der Waals surface area contributed by atoms with Gasteiger partial charge in [0.2, 0.25) is 0 Å². The van der Waals surface area contributed by atoms with Crippen LogP contribution < -0.4 is 0 Å². The monoisotopic (exact) mass is 887 g/mol. The Morgan fingerprint density at radius 3 is 1.72 bits per heavy atom. The number of ether oxygens (including phenoxy) is 2. The number of aliphatic hydroxyl groups excluding tert-OH is 5. The molecule has 2 unspecified atom stereocenters. The standard InChI is InChI=1S/C47H83O13P/c1-4-6-23-30-41(49)31-25-20-17-18-21-26-32-44(51)45(52)33-28-35-46(53)57-38-43(39-59-61(55,56)58-37-42(50)36-48)60-47(54)34-27-22-16-14-12-10-8-7-9-11-13-15-19-24-29-40(3)5-2/h6,17-18,20-21,23,25-26,31-32,40-45,48-52H,4-5,7-16,19,22,24,27-30,33-39H2,1-3H3,(H,55,56)/b20-17+,21-18-,23-6-,31-25+,32-26-/t40?,41-,42+,43-,44+,45+/m1/s1. The Bertz CT molecular complexity index is 1270. The largest absolute Gasteiger partial charge is 0.472 e. The number of phosphoric ester groups is 1. The van der Waals surface area contributed by atoms with E-state index in [1.54, 1.807) is 42.5 Å². The van der Waals surface area contributed by atoms with Gasteiger partial charge in [-0.05, 0) is 38.0 Å². The number of phosphoric acid groups is 1. The Hall–Kier alpha value is -2.45. The van der Waals surface area contributed by atoms with Crippen LogP contribution in [0, 0.1) is 5.92 Å². The van der Waals surface area contributed by atoms with Crippen LogP contribution in [0.2, 0.25) is 0 Å². The summed E-state index contributed by atoms with van der Waals surface area (Å²) < 4.78 is 32.5. The van der Waals surface area contributed by atoms with Crippen LogP contribution in [0.25, 0.3) is 0 Å². The summed E-state index contributed by atoms with van der Waals surface area (Å²) in [6, 6.07) is 0. The van der Waals surface area contributed by atoms with Crippen LogP contribution in [0.5, 0.6) is 0 Å². The van der Waals surface area contributed by atoms with E-state index in [0.717, 1.165) is 31.6 Å². The fourth-order valence-corrected chi connectivity index (χ4v) is 6.81. The highest BCUT2D eigenvalue weighted by atomic mass is 31.2. The van der Waals surface area contributed by atoms with Crippen molar-refractivity contribution >= 4 is 19.8 Å². The van der Waals surface area contributed by atoms with E-state index >= 15 is 0 Å². The lowest BCUT2D eigenvalue weighted by atomic mass is 9.99. The van der Waals surface area contributed by atoms with Gasteiger partial charge in [0.25, 0.3) is 0 Å². The third-order valence-electron chi connectivity index (χ3n) is 10.1. The molecular formula is C47H83O13P. The topological polar surface area (TPSA) is 210 Å². The molecule has 0 aromatic rings. The van der Waals surface area contributed by atoms with E-state index in [4.69, 9.17) is 19.1 Å². The lowest BCUT2D eigenvalue weighted by Gasteiger charge is -2.20. The first kappa shape index (κ1) is 58.6. The second-order valence-electron chi connectivity index (χ2n) is 15.9. The molecule has 13 nitrogen and oxygen atoms in total. The second kappa shape index (κ2) is 40.3. The fourth-order valence-electron chi connectivity index (χ4n) is 6.02. The van der Waals surface area contributed by atoms with Crippen molar-refractivity contribution in [3.8, 4) is 0 Å². The highest BCUT2D eigenvalue weighted by Crippen LogP contribution is 2.43. The van der Waals surface area contributed by atoms with Gasteiger partial charge in [-0.2, -0.15) is 0 Å². The van der Waals surface area contributed by atoms with Crippen LogP contribution in [-0.4, -0.2) is 99.3 Å². The third kappa shape index (κ3) is 38.9. The minimum Gasteiger partial charge on any atom is -0.462 e. The van der Waals surface area contributed by atoms with Gasteiger partial charge < -0.3 is 39.9 Å². The van der Waals surface area contributed by atoms with Gasteiger partial charge in [0.1, 0.15) is 12.7 Å².